The second kappa shape index (κ2) is 6.98. The second-order valence-corrected chi connectivity index (χ2v) is 6.37. The van der Waals surface area contributed by atoms with E-state index in [1.165, 1.54) is 11.3 Å². The van der Waals surface area contributed by atoms with Gasteiger partial charge < -0.3 is 10.6 Å². The van der Waals surface area contributed by atoms with E-state index >= 15 is 0 Å². The first-order valence-electron chi connectivity index (χ1n) is 7.63. The van der Waals surface area contributed by atoms with Gasteiger partial charge in [0, 0.05) is 30.7 Å². The predicted octanol–water partition coefficient (Wildman–Crippen LogP) is 2.09. The Labute approximate surface area is 134 Å². The van der Waals surface area contributed by atoms with E-state index in [0.29, 0.717) is 13.0 Å². The van der Waals surface area contributed by atoms with Crippen molar-refractivity contribution in [3.8, 4) is 10.7 Å². The molecule has 0 spiro atoms. The lowest BCUT2D eigenvalue weighted by Crippen LogP contribution is -2.48. The number of pyridine rings is 1. The van der Waals surface area contributed by atoms with Crippen LogP contribution in [0.3, 0.4) is 0 Å². The van der Waals surface area contributed by atoms with Gasteiger partial charge in [0.15, 0.2) is 0 Å². The van der Waals surface area contributed by atoms with Gasteiger partial charge >= 0.3 is 0 Å². The highest BCUT2D eigenvalue weighted by molar-refractivity contribution is 7.13. The van der Waals surface area contributed by atoms with Crippen LogP contribution in [-0.4, -0.2) is 39.9 Å². The summed E-state index contributed by atoms with van der Waals surface area (Å²) >= 11 is 1.53. The average molecular weight is 316 g/mol. The molecule has 0 bridgehead atoms. The minimum absolute atomic E-state index is 0.132. The van der Waals surface area contributed by atoms with Crippen LogP contribution in [0.5, 0.6) is 0 Å². The topological polar surface area (TPSA) is 72.1 Å². The van der Waals surface area contributed by atoms with Crippen molar-refractivity contribution in [1.29, 1.82) is 0 Å². The molecule has 1 atom stereocenters. The number of thiazole rings is 1. The number of hydrogen-bond donors (Lipinski definition) is 1. The molecule has 0 radical (unpaired) electrons. The number of nitrogens with zero attached hydrogens (tertiary/aromatic N) is 3. The Bertz CT molecular complexity index is 628. The maximum absolute atomic E-state index is 12.5. The Morgan fingerprint density at radius 3 is 3.09 bits per heavy atom. The van der Waals surface area contributed by atoms with Crippen molar-refractivity contribution in [3.63, 3.8) is 0 Å². The molecule has 1 aliphatic heterocycles. The summed E-state index contributed by atoms with van der Waals surface area (Å²) in [5, 5.41) is 2.81. The van der Waals surface area contributed by atoms with Crippen molar-refractivity contribution in [3.05, 3.63) is 35.5 Å². The van der Waals surface area contributed by atoms with Crippen LogP contribution in [0.15, 0.2) is 29.8 Å². The Hall–Kier alpha value is -1.79. The largest absolute Gasteiger partial charge is 0.338 e. The Morgan fingerprint density at radius 2 is 2.32 bits per heavy atom. The smallest absolute Gasteiger partial charge is 0.228 e. The predicted molar refractivity (Wildman–Crippen MR) is 87.5 cm³/mol. The van der Waals surface area contributed by atoms with E-state index in [-0.39, 0.29) is 11.9 Å². The highest BCUT2D eigenvalue weighted by Crippen LogP contribution is 2.23. The van der Waals surface area contributed by atoms with Crippen LogP contribution in [0.25, 0.3) is 10.7 Å². The summed E-state index contributed by atoms with van der Waals surface area (Å²) in [7, 11) is 0. The Balaban J connectivity index is 1.68. The minimum atomic E-state index is 0.132. The zero-order chi connectivity index (χ0) is 15.4. The first-order chi connectivity index (χ1) is 10.8. The fourth-order valence-electron chi connectivity index (χ4n) is 2.83. The molecule has 5 nitrogen and oxygen atoms in total. The van der Waals surface area contributed by atoms with Gasteiger partial charge in [0.05, 0.1) is 17.8 Å². The van der Waals surface area contributed by atoms with Crippen molar-refractivity contribution in [1.82, 2.24) is 14.9 Å². The van der Waals surface area contributed by atoms with E-state index in [4.69, 9.17) is 5.73 Å². The monoisotopic (exact) mass is 316 g/mol. The fourth-order valence-corrected chi connectivity index (χ4v) is 3.62. The van der Waals surface area contributed by atoms with Gasteiger partial charge in [0.1, 0.15) is 5.01 Å². The van der Waals surface area contributed by atoms with Crippen LogP contribution in [0.2, 0.25) is 0 Å². The number of carbonyl (C=O) groups is 1. The normalized spacial score (nSPS) is 18.4. The maximum Gasteiger partial charge on any atom is 0.228 e. The molecule has 3 heterocycles. The van der Waals surface area contributed by atoms with E-state index in [2.05, 4.69) is 9.97 Å². The summed E-state index contributed by atoms with van der Waals surface area (Å²) in [5.41, 5.74) is 7.46. The van der Waals surface area contributed by atoms with Crippen LogP contribution in [0, 0.1) is 0 Å². The fraction of sp³-hybridized carbons (Fsp3) is 0.438. The highest BCUT2D eigenvalue weighted by Gasteiger charge is 2.26. The van der Waals surface area contributed by atoms with Crippen LogP contribution >= 0.6 is 11.3 Å². The van der Waals surface area contributed by atoms with Crippen LogP contribution < -0.4 is 5.73 Å². The van der Waals surface area contributed by atoms with Gasteiger partial charge in [-0.05, 0) is 31.4 Å². The Morgan fingerprint density at radius 1 is 1.41 bits per heavy atom. The highest BCUT2D eigenvalue weighted by atomic mass is 32.1. The summed E-state index contributed by atoms with van der Waals surface area (Å²) in [6.45, 7) is 1.36. The summed E-state index contributed by atoms with van der Waals surface area (Å²) in [5.74, 6) is 0.132. The average Bonchev–Trinajstić information content (AvgIpc) is 3.04. The minimum Gasteiger partial charge on any atom is -0.338 e. The molecule has 0 aromatic carbocycles. The number of aromatic nitrogens is 2. The number of carbonyl (C=O) groups excluding carboxylic acids is 1. The number of nitrogens with two attached hydrogens (primary N) is 1. The molecule has 6 heteroatoms. The third kappa shape index (κ3) is 3.34. The summed E-state index contributed by atoms with van der Waals surface area (Å²) in [6, 6.07) is 5.94. The van der Waals surface area contributed by atoms with Crippen LogP contribution in [-0.2, 0) is 11.2 Å². The summed E-state index contributed by atoms with van der Waals surface area (Å²) < 4.78 is 0. The van der Waals surface area contributed by atoms with E-state index < -0.39 is 0 Å². The quantitative estimate of drug-likeness (QED) is 0.937. The molecular weight excluding hydrogens is 296 g/mol. The van der Waals surface area contributed by atoms with Crippen LogP contribution in [0.4, 0.5) is 0 Å². The molecule has 2 N–H and O–H groups in total. The molecular formula is C16H20N4OS. The van der Waals surface area contributed by atoms with Crippen LogP contribution in [0.1, 0.15) is 25.0 Å². The lowest BCUT2D eigenvalue weighted by molar-refractivity contribution is -0.133. The number of rotatable bonds is 4. The van der Waals surface area contributed by atoms with Gasteiger partial charge in [0.2, 0.25) is 5.91 Å². The third-order valence-electron chi connectivity index (χ3n) is 3.99. The molecule has 0 aliphatic carbocycles. The molecule has 1 unspecified atom stereocenters. The van der Waals surface area contributed by atoms with Gasteiger partial charge in [0.25, 0.3) is 0 Å². The van der Waals surface area contributed by atoms with Crippen molar-refractivity contribution in [2.24, 2.45) is 5.73 Å². The van der Waals surface area contributed by atoms with Crippen molar-refractivity contribution in [2.75, 3.05) is 13.1 Å². The van der Waals surface area contributed by atoms with E-state index in [9.17, 15) is 4.79 Å². The van der Waals surface area contributed by atoms with Gasteiger partial charge in [-0.2, -0.15) is 0 Å². The lowest BCUT2D eigenvalue weighted by Gasteiger charge is -2.35. The van der Waals surface area contributed by atoms with E-state index in [0.717, 1.165) is 42.2 Å². The van der Waals surface area contributed by atoms with Crippen molar-refractivity contribution >= 4 is 17.2 Å². The standard InChI is InChI=1S/C16H20N4OS/c17-10-13-5-2-4-8-20(13)15(21)9-12-11-22-16(19-12)14-6-1-3-7-18-14/h1,3,6-7,11,13H,2,4-5,8-10,17H2. The molecule has 22 heavy (non-hydrogen) atoms. The SMILES string of the molecule is NCC1CCCCN1C(=O)Cc1csc(-c2ccccn2)n1. The number of hydrogen-bond acceptors (Lipinski definition) is 5. The summed E-state index contributed by atoms with van der Waals surface area (Å²) in [4.78, 5) is 23.3. The van der Waals surface area contributed by atoms with Gasteiger partial charge in [-0.15, -0.1) is 11.3 Å². The molecule has 0 saturated carbocycles. The molecule has 2 aromatic heterocycles. The number of likely N-dealkylation sites (tertiary alicyclic amines) is 1. The van der Waals surface area contributed by atoms with E-state index in [1.54, 1.807) is 6.20 Å². The first-order valence-corrected chi connectivity index (χ1v) is 8.51. The zero-order valence-electron chi connectivity index (χ0n) is 12.4. The van der Waals surface area contributed by atoms with Crippen molar-refractivity contribution in [2.45, 2.75) is 31.7 Å². The van der Waals surface area contributed by atoms with Crippen molar-refractivity contribution < 1.29 is 4.79 Å². The zero-order valence-corrected chi connectivity index (χ0v) is 13.3. The molecule has 3 rings (SSSR count). The van der Waals surface area contributed by atoms with Gasteiger partial charge in [-0.3, -0.25) is 9.78 Å². The van der Waals surface area contributed by atoms with Gasteiger partial charge in [-0.1, -0.05) is 6.07 Å². The number of piperidine rings is 1. The first kappa shape index (κ1) is 15.1. The third-order valence-corrected chi connectivity index (χ3v) is 4.90. The molecule has 1 saturated heterocycles. The van der Waals surface area contributed by atoms with Gasteiger partial charge in [-0.25, -0.2) is 4.98 Å². The molecule has 116 valence electrons. The maximum atomic E-state index is 12.5. The summed E-state index contributed by atoms with van der Waals surface area (Å²) in [6.07, 6.45) is 5.34. The molecule has 1 amide bonds. The molecule has 2 aromatic rings. The molecule has 1 aliphatic rings. The second-order valence-electron chi connectivity index (χ2n) is 5.51. The van der Waals surface area contributed by atoms with E-state index in [1.807, 2.05) is 28.5 Å². The lowest BCUT2D eigenvalue weighted by atomic mass is 10.0. The number of amides is 1. The Kier molecular flexibility index (Phi) is 4.80. The molecule has 1 fully saturated rings.